The number of benzene rings is 2. The van der Waals surface area contributed by atoms with Crippen LogP contribution < -0.4 is 10.1 Å². The zero-order valence-corrected chi connectivity index (χ0v) is 18.7. The minimum atomic E-state index is -0.155. The molecule has 2 aromatic carbocycles. The van der Waals surface area contributed by atoms with Gasteiger partial charge >= 0.3 is 0 Å². The molecule has 0 unspecified atom stereocenters. The minimum Gasteiger partial charge on any atom is -0.486 e. The number of carbonyl (C=O) groups excluding carboxylic acids is 1. The summed E-state index contributed by atoms with van der Waals surface area (Å²) >= 11 is 6.28. The van der Waals surface area contributed by atoms with Crippen molar-refractivity contribution < 1.29 is 14.3 Å². The van der Waals surface area contributed by atoms with E-state index in [4.69, 9.17) is 21.1 Å². The maximum absolute atomic E-state index is 11.2. The zero-order chi connectivity index (χ0) is 21.4. The van der Waals surface area contributed by atoms with Crippen LogP contribution in [-0.4, -0.2) is 36.1 Å². The lowest BCUT2D eigenvalue weighted by molar-refractivity contribution is -0.150. The summed E-state index contributed by atoms with van der Waals surface area (Å²) in [5.74, 6) is 1.27. The summed E-state index contributed by atoms with van der Waals surface area (Å²) in [7, 11) is 0. The highest BCUT2D eigenvalue weighted by Crippen LogP contribution is 2.53. The summed E-state index contributed by atoms with van der Waals surface area (Å²) in [6.07, 6.45) is 4.32. The summed E-state index contributed by atoms with van der Waals surface area (Å²) in [6.45, 7) is 5.25. The lowest BCUT2D eigenvalue weighted by Crippen LogP contribution is -2.57. The van der Waals surface area contributed by atoms with Crippen molar-refractivity contribution in [2.45, 2.75) is 50.9 Å². The maximum Gasteiger partial charge on any atom is 0.221 e. The summed E-state index contributed by atoms with van der Waals surface area (Å²) in [5.41, 5.74) is 3.06. The molecule has 5 nitrogen and oxygen atoms in total. The molecule has 0 radical (unpaired) electrons. The van der Waals surface area contributed by atoms with Crippen LogP contribution in [0.5, 0.6) is 5.75 Å². The molecule has 31 heavy (non-hydrogen) atoms. The van der Waals surface area contributed by atoms with Crippen molar-refractivity contribution in [1.82, 2.24) is 4.90 Å². The molecule has 2 saturated heterocycles. The SMILES string of the molecule is CC(=O)Nc1ccc(CN2CCC3(CC2)Oc2ccc(Cl)cc2[C@H]2OCCC[C@@H]23)cc1. The van der Waals surface area contributed by atoms with E-state index in [0.717, 1.165) is 73.9 Å². The molecule has 0 saturated carbocycles. The van der Waals surface area contributed by atoms with Crippen LogP contribution in [0.15, 0.2) is 42.5 Å². The quantitative estimate of drug-likeness (QED) is 0.713. The van der Waals surface area contributed by atoms with Gasteiger partial charge in [-0.05, 0) is 48.7 Å². The highest BCUT2D eigenvalue weighted by molar-refractivity contribution is 6.30. The Morgan fingerprint density at radius 1 is 1.19 bits per heavy atom. The summed E-state index contributed by atoms with van der Waals surface area (Å²) in [5, 5.41) is 3.56. The third-order valence-electron chi connectivity index (χ3n) is 6.97. The van der Waals surface area contributed by atoms with E-state index in [2.05, 4.69) is 22.3 Å². The number of amides is 1. The molecule has 3 heterocycles. The lowest BCUT2D eigenvalue weighted by atomic mass is 9.70. The van der Waals surface area contributed by atoms with Crippen LogP contribution in [0.3, 0.4) is 0 Å². The van der Waals surface area contributed by atoms with E-state index in [9.17, 15) is 4.79 Å². The van der Waals surface area contributed by atoms with E-state index in [1.165, 1.54) is 12.5 Å². The molecule has 2 aromatic rings. The summed E-state index contributed by atoms with van der Waals surface area (Å²) < 4.78 is 13.0. The van der Waals surface area contributed by atoms with E-state index < -0.39 is 0 Å². The second-order valence-electron chi connectivity index (χ2n) is 9.04. The number of anilines is 1. The van der Waals surface area contributed by atoms with Crippen LogP contribution in [0.25, 0.3) is 0 Å². The van der Waals surface area contributed by atoms with Crippen molar-refractivity contribution >= 4 is 23.2 Å². The van der Waals surface area contributed by atoms with Crippen molar-refractivity contribution in [3.63, 3.8) is 0 Å². The Morgan fingerprint density at radius 2 is 1.97 bits per heavy atom. The van der Waals surface area contributed by atoms with Gasteiger partial charge in [-0.15, -0.1) is 0 Å². The fourth-order valence-corrected chi connectivity index (χ4v) is 5.65. The standard InChI is InChI=1S/C25H29ClN2O3/c1-17(29)27-20-7-4-18(5-8-20)16-28-12-10-25(11-13-28)22-3-2-14-30-24(22)21-15-19(26)6-9-23(21)31-25/h4-9,15,22,24H,2-3,10-14,16H2,1H3,(H,27,29)/t22-,24+/m0/s1. The topological polar surface area (TPSA) is 50.8 Å². The van der Waals surface area contributed by atoms with Crippen molar-refractivity contribution in [3.8, 4) is 5.75 Å². The van der Waals surface area contributed by atoms with Crippen LogP contribution in [-0.2, 0) is 16.1 Å². The van der Waals surface area contributed by atoms with Crippen molar-refractivity contribution in [2.75, 3.05) is 25.0 Å². The number of nitrogens with one attached hydrogen (secondary N) is 1. The Hall–Kier alpha value is -2.08. The first-order valence-corrected chi connectivity index (χ1v) is 11.6. The van der Waals surface area contributed by atoms with Gasteiger partial charge in [0.1, 0.15) is 11.4 Å². The van der Waals surface area contributed by atoms with Gasteiger partial charge in [-0.3, -0.25) is 9.69 Å². The number of carbonyl (C=O) groups is 1. The first kappa shape index (κ1) is 20.8. The molecule has 3 aliphatic rings. The average Bonchev–Trinajstić information content (AvgIpc) is 2.77. The summed E-state index contributed by atoms with van der Waals surface area (Å²) in [6, 6.07) is 14.1. The summed E-state index contributed by atoms with van der Waals surface area (Å²) in [4.78, 5) is 13.7. The largest absolute Gasteiger partial charge is 0.486 e. The third kappa shape index (κ3) is 4.19. The predicted molar refractivity (Wildman–Crippen MR) is 121 cm³/mol. The molecule has 0 aliphatic carbocycles. The van der Waals surface area contributed by atoms with E-state index in [1.54, 1.807) is 0 Å². The minimum absolute atomic E-state index is 0.0459. The van der Waals surface area contributed by atoms with Crippen molar-refractivity contribution in [1.29, 1.82) is 0 Å². The number of hydrogen-bond acceptors (Lipinski definition) is 4. The average molecular weight is 441 g/mol. The lowest BCUT2D eigenvalue weighted by Gasteiger charge is -2.53. The monoisotopic (exact) mass is 440 g/mol. The molecular weight excluding hydrogens is 412 g/mol. The van der Waals surface area contributed by atoms with Gasteiger partial charge in [0, 0.05) is 68.2 Å². The second-order valence-corrected chi connectivity index (χ2v) is 9.48. The van der Waals surface area contributed by atoms with E-state index >= 15 is 0 Å². The molecular formula is C25H29ClN2O3. The van der Waals surface area contributed by atoms with Crippen LogP contribution in [0, 0.1) is 5.92 Å². The Bertz CT molecular complexity index is 954. The molecule has 1 spiro atoms. The van der Waals surface area contributed by atoms with Gasteiger partial charge < -0.3 is 14.8 Å². The van der Waals surface area contributed by atoms with Crippen molar-refractivity contribution in [2.24, 2.45) is 5.92 Å². The number of nitrogens with zero attached hydrogens (tertiary/aromatic N) is 1. The molecule has 2 fully saturated rings. The van der Waals surface area contributed by atoms with E-state index in [0.29, 0.717) is 5.92 Å². The van der Waals surface area contributed by atoms with Gasteiger partial charge in [0.2, 0.25) is 5.91 Å². The highest BCUT2D eigenvalue weighted by atomic mass is 35.5. The molecule has 2 atom stereocenters. The molecule has 164 valence electrons. The molecule has 1 amide bonds. The van der Waals surface area contributed by atoms with Crippen LogP contribution in [0.1, 0.15) is 49.8 Å². The van der Waals surface area contributed by atoms with E-state index in [1.807, 2.05) is 30.3 Å². The number of hydrogen-bond donors (Lipinski definition) is 1. The number of piperidine rings is 1. The fourth-order valence-electron chi connectivity index (χ4n) is 5.47. The van der Waals surface area contributed by atoms with Crippen LogP contribution >= 0.6 is 11.6 Å². The Balaban J connectivity index is 1.28. The molecule has 0 aromatic heterocycles. The van der Waals surface area contributed by atoms with Crippen LogP contribution in [0.2, 0.25) is 5.02 Å². The van der Waals surface area contributed by atoms with Crippen LogP contribution in [0.4, 0.5) is 5.69 Å². The fraction of sp³-hybridized carbons (Fsp3) is 0.480. The predicted octanol–water partition coefficient (Wildman–Crippen LogP) is 5.19. The Morgan fingerprint density at radius 3 is 2.71 bits per heavy atom. The molecule has 5 rings (SSSR count). The number of likely N-dealkylation sites (tertiary alicyclic amines) is 1. The normalized spacial score (nSPS) is 24.7. The number of ether oxygens (including phenoxy) is 2. The maximum atomic E-state index is 11.2. The second kappa shape index (κ2) is 8.45. The van der Waals surface area contributed by atoms with Gasteiger partial charge in [-0.25, -0.2) is 0 Å². The smallest absolute Gasteiger partial charge is 0.221 e. The van der Waals surface area contributed by atoms with Gasteiger partial charge in [0.25, 0.3) is 0 Å². The number of halogens is 1. The van der Waals surface area contributed by atoms with E-state index in [-0.39, 0.29) is 17.6 Å². The van der Waals surface area contributed by atoms with Gasteiger partial charge in [0.05, 0.1) is 6.10 Å². The molecule has 3 aliphatic heterocycles. The highest BCUT2D eigenvalue weighted by Gasteiger charge is 2.52. The Labute approximate surface area is 188 Å². The molecule has 0 bridgehead atoms. The van der Waals surface area contributed by atoms with Gasteiger partial charge in [-0.2, -0.15) is 0 Å². The number of rotatable bonds is 3. The number of fused-ring (bicyclic) bond motifs is 4. The first-order valence-electron chi connectivity index (χ1n) is 11.2. The Kier molecular flexibility index (Phi) is 5.67. The first-order chi connectivity index (χ1) is 15.0. The van der Waals surface area contributed by atoms with Gasteiger partial charge in [-0.1, -0.05) is 23.7 Å². The van der Waals surface area contributed by atoms with Gasteiger partial charge in [0.15, 0.2) is 0 Å². The zero-order valence-electron chi connectivity index (χ0n) is 17.9. The third-order valence-corrected chi connectivity index (χ3v) is 7.21. The molecule has 1 N–H and O–H groups in total. The van der Waals surface area contributed by atoms with Crippen molar-refractivity contribution in [3.05, 3.63) is 58.6 Å². The molecule has 6 heteroatoms.